The summed E-state index contributed by atoms with van der Waals surface area (Å²) in [6, 6.07) is 5.49. The van der Waals surface area contributed by atoms with Gasteiger partial charge in [-0.2, -0.15) is 5.10 Å². The topological polar surface area (TPSA) is 44.1 Å². The Hall–Kier alpha value is -1.62. The number of fused-ring (bicyclic) bond motifs is 1. The predicted octanol–water partition coefficient (Wildman–Crippen LogP) is 3.20. The van der Waals surface area contributed by atoms with E-state index in [2.05, 4.69) is 21.0 Å². The predicted molar refractivity (Wildman–Crippen MR) is 74.4 cm³/mol. The third-order valence-corrected chi connectivity index (χ3v) is 3.78. The Kier molecular flexibility index (Phi) is 2.93. The molecule has 0 saturated heterocycles. The average Bonchev–Trinajstić information content (AvgIpc) is 2.67. The van der Waals surface area contributed by atoms with Crippen molar-refractivity contribution < 1.29 is 9.53 Å². The first kappa shape index (κ1) is 12.4. The lowest BCUT2D eigenvalue weighted by Crippen LogP contribution is -2.20. The minimum Gasteiger partial charge on any atom is -0.484 e. The lowest BCUT2D eigenvalue weighted by Gasteiger charge is -2.25. The zero-order chi connectivity index (χ0) is 13.6. The highest BCUT2D eigenvalue weighted by Crippen LogP contribution is 2.37. The Balaban J connectivity index is 2.01. The van der Waals surface area contributed by atoms with Crippen molar-refractivity contribution in [3.63, 3.8) is 0 Å². The lowest BCUT2D eigenvalue weighted by molar-refractivity contribution is 0.0849. The van der Waals surface area contributed by atoms with Crippen molar-refractivity contribution >= 4 is 21.7 Å². The van der Waals surface area contributed by atoms with Crippen LogP contribution < -0.4 is 4.74 Å². The number of halogens is 1. The first-order chi connectivity index (χ1) is 9.04. The second kappa shape index (κ2) is 4.49. The Bertz CT molecular complexity index is 663. The molecule has 98 valence electrons. The van der Waals surface area contributed by atoms with E-state index in [9.17, 15) is 4.79 Å². The minimum absolute atomic E-state index is 0.113. The van der Waals surface area contributed by atoms with E-state index in [1.54, 1.807) is 10.7 Å². The summed E-state index contributed by atoms with van der Waals surface area (Å²) in [4.78, 5) is 12.2. The molecule has 0 fully saturated rings. The zero-order valence-electron chi connectivity index (χ0n) is 10.7. The van der Waals surface area contributed by atoms with Crippen molar-refractivity contribution in [1.82, 2.24) is 9.78 Å². The number of ether oxygens (including phenoxy) is 1. The molecule has 0 aliphatic carbocycles. The maximum Gasteiger partial charge on any atom is 0.170 e. The van der Waals surface area contributed by atoms with E-state index in [1.807, 2.05) is 32.3 Å². The molecule has 0 spiro atoms. The van der Waals surface area contributed by atoms with Crippen molar-refractivity contribution in [3.05, 3.63) is 45.7 Å². The Morgan fingerprint density at radius 3 is 2.95 bits per heavy atom. The highest BCUT2D eigenvalue weighted by molar-refractivity contribution is 9.10. The quantitative estimate of drug-likeness (QED) is 0.810. The molecule has 1 unspecified atom stereocenters. The SMILES string of the molecule is Cc1nn(C)cc1C1CC(=O)c2ccc(Br)cc2O1. The van der Waals surface area contributed by atoms with Gasteiger partial charge in [-0.3, -0.25) is 9.48 Å². The van der Waals surface area contributed by atoms with Gasteiger partial charge in [-0.1, -0.05) is 15.9 Å². The molecule has 5 heteroatoms. The van der Waals surface area contributed by atoms with E-state index in [-0.39, 0.29) is 11.9 Å². The summed E-state index contributed by atoms with van der Waals surface area (Å²) in [5.74, 6) is 0.751. The Morgan fingerprint density at radius 2 is 2.26 bits per heavy atom. The Labute approximate surface area is 119 Å². The molecule has 0 radical (unpaired) electrons. The van der Waals surface area contributed by atoms with Crippen molar-refractivity contribution in [1.29, 1.82) is 0 Å². The van der Waals surface area contributed by atoms with Gasteiger partial charge in [0.2, 0.25) is 0 Å². The number of benzene rings is 1. The standard InChI is InChI=1S/C14H13BrN2O2/c1-8-11(7-17(2)16-8)14-6-12(18)10-4-3-9(15)5-13(10)19-14/h3-5,7,14H,6H2,1-2H3. The van der Waals surface area contributed by atoms with E-state index in [1.165, 1.54) is 0 Å². The van der Waals surface area contributed by atoms with Gasteiger partial charge in [0, 0.05) is 23.3 Å². The van der Waals surface area contributed by atoms with Crippen LogP contribution in [0.25, 0.3) is 0 Å². The molecule has 0 bridgehead atoms. The number of Topliss-reactive ketones (excluding diaryl/α,β-unsaturated/α-hetero) is 1. The summed E-state index contributed by atoms with van der Waals surface area (Å²) in [5, 5.41) is 4.30. The number of hydrogen-bond acceptors (Lipinski definition) is 3. The van der Waals surface area contributed by atoms with Crippen molar-refractivity contribution in [2.24, 2.45) is 7.05 Å². The van der Waals surface area contributed by atoms with E-state index < -0.39 is 0 Å². The first-order valence-corrected chi connectivity index (χ1v) is 6.83. The smallest absolute Gasteiger partial charge is 0.170 e. The van der Waals surface area contributed by atoms with Crippen molar-refractivity contribution in [2.45, 2.75) is 19.4 Å². The summed E-state index contributed by atoms with van der Waals surface area (Å²) in [6.07, 6.45) is 2.03. The molecule has 1 aromatic carbocycles. The van der Waals surface area contributed by atoms with Gasteiger partial charge in [-0.05, 0) is 25.1 Å². The molecule has 1 aromatic heterocycles. The number of hydrogen-bond donors (Lipinski definition) is 0. The highest BCUT2D eigenvalue weighted by atomic mass is 79.9. The van der Waals surface area contributed by atoms with Crippen LogP contribution in [0.2, 0.25) is 0 Å². The first-order valence-electron chi connectivity index (χ1n) is 6.04. The van der Waals surface area contributed by atoms with Gasteiger partial charge in [0.05, 0.1) is 17.7 Å². The molecular weight excluding hydrogens is 308 g/mol. The molecule has 0 saturated carbocycles. The number of rotatable bonds is 1. The van der Waals surface area contributed by atoms with Gasteiger partial charge in [-0.25, -0.2) is 0 Å². The van der Waals surface area contributed by atoms with E-state index in [0.29, 0.717) is 17.7 Å². The second-order valence-corrected chi connectivity index (χ2v) is 5.63. The van der Waals surface area contributed by atoms with Gasteiger partial charge < -0.3 is 4.74 Å². The van der Waals surface area contributed by atoms with Crippen LogP contribution in [-0.4, -0.2) is 15.6 Å². The van der Waals surface area contributed by atoms with Crippen molar-refractivity contribution in [3.8, 4) is 5.75 Å². The second-order valence-electron chi connectivity index (χ2n) is 4.72. The summed E-state index contributed by atoms with van der Waals surface area (Å²) in [6.45, 7) is 1.93. The summed E-state index contributed by atoms with van der Waals surface area (Å²) in [5.41, 5.74) is 2.53. The van der Waals surface area contributed by atoms with E-state index >= 15 is 0 Å². The third-order valence-electron chi connectivity index (χ3n) is 3.28. The van der Waals surface area contributed by atoms with Crippen LogP contribution >= 0.6 is 15.9 Å². The number of carbonyl (C=O) groups excluding carboxylic acids is 1. The van der Waals surface area contributed by atoms with Crippen LogP contribution in [0.15, 0.2) is 28.9 Å². The summed E-state index contributed by atoms with van der Waals surface area (Å²) in [7, 11) is 1.87. The van der Waals surface area contributed by atoms with E-state index in [4.69, 9.17) is 4.74 Å². The molecule has 2 aromatic rings. The van der Waals surface area contributed by atoms with Gasteiger partial charge >= 0.3 is 0 Å². The van der Waals surface area contributed by atoms with Crippen LogP contribution in [0.4, 0.5) is 0 Å². The van der Waals surface area contributed by atoms with Crippen LogP contribution in [0.1, 0.15) is 34.1 Å². The molecule has 2 heterocycles. The third kappa shape index (κ3) is 2.18. The Morgan fingerprint density at radius 1 is 1.47 bits per heavy atom. The fourth-order valence-corrected chi connectivity index (χ4v) is 2.74. The monoisotopic (exact) mass is 320 g/mol. The molecule has 1 atom stereocenters. The minimum atomic E-state index is -0.247. The van der Waals surface area contributed by atoms with Crippen LogP contribution in [-0.2, 0) is 7.05 Å². The molecule has 4 nitrogen and oxygen atoms in total. The molecule has 19 heavy (non-hydrogen) atoms. The largest absolute Gasteiger partial charge is 0.484 e. The maximum atomic E-state index is 12.2. The van der Waals surface area contributed by atoms with Crippen LogP contribution in [0.3, 0.4) is 0 Å². The lowest BCUT2D eigenvalue weighted by atomic mass is 9.97. The molecule has 1 aliphatic heterocycles. The highest BCUT2D eigenvalue weighted by Gasteiger charge is 2.29. The molecule has 0 N–H and O–H groups in total. The number of aromatic nitrogens is 2. The number of ketones is 1. The van der Waals surface area contributed by atoms with Crippen LogP contribution in [0, 0.1) is 6.92 Å². The fraction of sp³-hybridized carbons (Fsp3) is 0.286. The average molecular weight is 321 g/mol. The van der Waals surface area contributed by atoms with Gasteiger partial charge in [0.1, 0.15) is 11.9 Å². The molecule has 0 amide bonds. The normalized spacial score (nSPS) is 18.1. The van der Waals surface area contributed by atoms with Crippen LogP contribution in [0.5, 0.6) is 5.75 Å². The maximum absolute atomic E-state index is 12.2. The van der Waals surface area contributed by atoms with E-state index in [0.717, 1.165) is 15.7 Å². The van der Waals surface area contributed by atoms with Gasteiger partial charge in [0.15, 0.2) is 5.78 Å². The van der Waals surface area contributed by atoms with Gasteiger partial charge in [0.25, 0.3) is 0 Å². The molecular formula is C14H13BrN2O2. The summed E-state index contributed by atoms with van der Waals surface area (Å²) < 4.78 is 8.61. The zero-order valence-corrected chi connectivity index (χ0v) is 12.3. The number of nitrogens with zero attached hydrogens (tertiary/aromatic N) is 2. The number of aryl methyl sites for hydroxylation is 2. The number of carbonyl (C=O) groups is 1. The summed E-state index contributed by atoms with van der Waals surface area (Å²) >= 11 is 3.40. The van der Waals surface area contributed by atoms with Crippen molar-refractivity contribution in [2.75, 3.05) is 0 Å². The molecule has 3 rings (SSSR count). The molecule has 1 aliphatic rings. The fourth-order valence-electron chi connectivity index (χ4n) is 2.40. The van der Waals surface area contributed by atoms with Gasteiger partial charge in [-0.15, -0.1) is 0 Å².